The summed E-state index contributed by atoms with van der Waals surface area (Å²) >= 11 is 1.14. The molecule has 11 heteroatoms. The molecule has 1 saturated heterocycles. The van der Waals surface area contributed by atoms with Crippen LogP contribution in [0.2, 0.25) is 0 Å². The maximum absolute atomic E-state index is 12.9. The second-order valence-corrected chi connectivity index (χ2v) is 10.6. The molecule has 174 valence electrons. The van der Waals surface area contributed by atoms with Crippen molar-refractivity contribution in [3.63, 3.8) is 0 Å². The summed E-state index contributed by atoms with van der Waals surface area (Å²) in [6.07, 6.45) is 0.513. The van der Waals surface area contributed by atoms with E-state index < -0.39 is 15.3 Å². The summed E-state index contributed by atoms with van der Waals surface area (Å²) < 4.78 is 38.0. The molecule has 33 heavy (non-hydrogen) atoms. The average Bonchev–Trinajstić information content (AvgIpc) is 3.27. The van der Waals surface area contributed by atoms with Crippen LogP contribution in [-0.2, 0) is 26.0 Å². The van der Waals surface area contributed by atoms with Gasteiger partial charge in [0.15, 0.2) is 0 Å². The number of hydrogen-bond acceptors (Lipinski definition) is 8. The van der Waals surface area contributed by atoms with Crippen molar-refractivity contribution in [2.24, 2.45) is 0 Å². The molecule has 4 rings (SSSR count). The zero-order chi connectivity index (χ0) is 23.3. The molecule has 1 aliphatic rings. The smallest absolute Gasteiger partial charge is 0.277 e. The van der Waals surface area contributed by atoms with Crippen LogP contribution >= 0.6 is 11.8 Å². The monoisotopic (exact) mass is 488 g/mol. The SMILES string of the molecule is C[C@@H](Sc1nnc(Cc2ccccc2)o1)C(=O)Nc1cccc(S(=O)(=O)N2CCOCC2)c1. The first-order valence-corrected chi connectivity index (χ1v) is 12.8. The predicted octanol–water partition coefficient (Wildman–Crippen LogP) is 2.80. The second kappa shape index (κ2) is 10.5. The van der Waals surface area contributed by atoms with Crippen molar-refractivity contribution in [2.45, 2.75) is 28.7 Å². The van der Waals surface area contributed by atoms with Crippen LogP contribution in [0.5, 0.6) is 0 Å². The van der Waals surface area contributed by atoms with Gasteiger partial charge in [-0.15, -0.1) is 10.2 Å². The van der Waals surface area contributed by atoms with Crippen LogP contribution < -0.4 is 5.32 Å². The van der Waals surface area contributed by atoms with Gasteiger partial charge in [-0.1, -0.05) is 48.2 Å². The number of amides is 1. The summed E-state index contributed by atoms with van der Waals surface area (Å²) in [5, 5.41) is 10.6. The molecule has 9 nitrogen and oxygen atoms in total. The third-order valence-electron chi connectivity index (χ3n) is 5.00. The Kier molecular flexibility index (Phi) is 7.43. The number of carbonyl (C=O) groups excluding carboxylic acids is 1. The number of carbonyl (C=O) groups is 1. The molecule has 0 saturated carbocycles. The number of anilines is 1. The highest BCUT2D eigenvalue weighted by Gasteiger charge is 2.27. The minimum Gasteiger partial charge on any atom is -0.416 e. The normalized spacial score (nSPS) is 15.8. The summed E-state index contributed by atoms with van der Waals surface area (Å²) in [5.41, 5.74) is 1.45. The number of morpholine rings is 1. The van der Waals surface area contributed by atoms with E-state index in [-0.39, 0.29) is 10.8 Å². The Morgan fingerprint density at radius 3 is 2.64 bits per heavy atom. The molecule has 0 bridgehead atoms. The van der Waals surface area contributed by atoms with Crippen molar-refractivity contribution in [3.05, 3.63) is 66.1 Å². The van der Waals surface area contributed by atoms with Crippen molar-refractivity contribution in [2.75, 3.05) is 31.6 Å². The average molecular weight is 489 g/mol. The topological polar surface area (TPSA) is 115 Å². The molecule has 1 amide bonds. The molecule has 0 radical (unpaired) electrons. The van der Waals surface area contributed by atoms with Crippen LogP contribution in [0.25, 0.3) is 0 Å². The van der Waals surface area contributed by atoms with Gasteiger partial charge in [0.2, 0.25) is 21.8 Å². The number of hydrogen-bond donors (Lipinski definition) is 1. The number of rotatable bonds is 8. The van der Waals surface area contributed by atoms with Gasteiger partial charge in [-0.3, -0.25) is 4.79 Å². The van der Waals surface area contributed by atoms with Crippen LogP contribution in [0.4, 0.5) is 5.69 Å². The highest BCUT2D eigenvalue weighted by molar-refractivity contribution is 8.00. The molecular weight excluding hydrogens is 464 g/mol. The number of sulfonamides is 1. The predicted molar refractivity (Wildman–Crippen MR) is 124 cm³/mol. The summed E-state index contributed by atoms with van der Waals surface area (Å²) in [6, 6.07) is 16.0. The van der Waals surface area contributed by atoms with E-state index in [9.17, 15) is 13.2 Å². The molecule has 1 aliphatic heterocycles. The lowest BCUT2D eigenvalue weighted by atomic mass is 10.2. The minimum absolute atomic E-state index is 0.130. The van der Waals surface area contributed by atoms with E-state index in [4.69, 9.17) is 9.15 Å². The second-order valence-electron chi connectivity index (χ2n) is 7.42. The molecule has 1 fully saturated rings. The maximum Gasteiger partial charge on any atom is 0.277 e. The van der Waals surface area contributed by atoms with Crippen molar-refractivity contribution < 1.29 is 22.4 Å². The molecule has 0 aliphatic carbocycles. The lowest BCUT2D eigenvalue weighted by Gasteiger charge is -2.26. The summed E-state index contributed by atoms with van der Waals surface area (Å²) in [7, 11) is -3.65. The fourth-order valence-corrected chi connectivity index (χ4v) is 5.40. The van der Waals surface area contributed by atoms with Gasteiger partial charge >= 0.3 is 0 Å². The van der Waals surface area contributed by atoms with Crippen molar-refractivity contribution in [1.82, 2.24) is 14.5 Å². The van der Waals surface area contributed by atoms with E-state index >= 15 is 0 Å². The first-order chi connectivity index (χ1) is 15.9. The molecule has 0 unspecified atom stereocenters. The molecule has 0 spiro atoms. The van der Waals surface area contributed by atoms with Gasteiger partial charge in [-0.25, -0.2) is 8.42 Å². The summed E-state index contributed by atoms with van der Waals surface area (Å²) in [4.78, 5) is 12.8. The first kappa shape index (κ1) is 23.4. The van der Waals surface area contributed by atoms with Crippen molar-refractivity contribution in [3.8, 4) is 0 Å². The Morgan fingerprint density at radius 2 is 1.88 bits per heavy atom. The first-order valence-electron chi connectivity index (χ1n) is 10.4. The largest absolute Gasteiger partial charge is 0.416 e. The zero-order valence-electron chi connectivity index (χ0n) is 18.0. The Hall–Kier alpha value is -2.73. The summed E-state index contributed by atoms with van der Waals surface area (Å²) in [5.74, 6) is 0.168. The lowest BCUT2D eigenvalue weighted by molar-refractivity contribution is -0.115. The number of nitrogens with one attached hydrogen (secondary N) is 1. The molecule has 1 atom stereocenters. The molecular formula is C22H24N4O5S2. The van der Waals surface area contributed by atoms with Crippen molar-refractivity contribution in [1.29, 1.82) is 0 Å². The molecule has 2 aromatic carbocycles. The quantitative estimate of drug-likeness (QED) is 0.482. The van der Waals surface area contributed by atoms with E-state index in [0.717, 1.165) is 17.3 Å². The number of nitrogens with zero attached hydrogens (tertiary/aromatic N) is 3. The lowest BCUT2D eigenvalue weighted by Crippen LogP contribution is -2.40. The summed E-state index contributed by atoms with van der Waals surface area (Å²) in [6.45, 7) is 3.07. The number of benzene rings is 2. The van der Waals surface area contributed by atoms with Crippen LogP contribution in [-0.4, -0.2) is 60.4 Å². The van der Waals surface area contributed by atoms with Gasteiger partial charge in [-0.05, 0) is 30.7 Å². The molecule has 1 aromatic heterocycles. The molecule has 1 N–H and O–H groups in total. The van der Waals surface area contributed by atoms with Gasteiger partial charge in [0.25, 0.3) is 5.22 Å². The van der Waals surface area contributed by atoms with Gasteiger partial charge in [0.1, 0.15) is 0 Å². The van der Waals surface area contributed by atoms with E-state index in [1.165, 1.54) is 16.4 Å². The Labute approximate surface area is 196 Å². The van der Waals surface area contributed by atoms with Crippen LogP contribution in [0.1, 0.15) is 18.4 Å². The van der Waals surface area contributed by atoms with E-state index in [1.54, 1.807) is 19.1 Å². The van der Waals surface area contributed by atoms with Crippen LogP contribution in [0.15, 0.2) is 69.1 Å². The Bertz CT molecular complexity index is 1190. The number of aromatic nitrogens is 2. The maximum atomic E-state index is 12.9. The minimum atomic E-state index is -3.65. The third-order valence-corrected chi connectivity index (χ3v) is 7.83. The van der Waals surface area contributed by atoms with Gasteiger partial charge in [-0.2, -0.15) is 4.31 Å². The molecule has 2 heterocycles. The highest BCUT2D eigenvalue weighted by Crippen LogP contribution is 2.25. The standard InChI is InChI=1S/C22H24N4O5S2/c1-16(32-22-25-24-20(31-22)14-17-6-3-2-4-7-17)21(27)23-18-8-5-9-19(15-18)33(28,29)26-10-12-30-13-11-26/h2-9,15-16H,10-14H2,1H3,(H,23,27)/t16-/m1/s1. The zero-order valence-corrected chi connectivity index (χ0v) is 19.6. The van der Waals surface area contributed by atoms with E-state index in [0.29, 0.717) is 49.5 Å². The van der Waals surface area contributed by atoms with E-state index in [2.05, 4.69) is 15.5 Å². The highest BCUT2D eigenvalue weighted by atomic mass is 32.2. The van der Waals surface area contributed by atoms with Gasteiger partial charge < -0.3 is 14.5 Å². The molecule has 3 aromatic rings. The van der Waals surface area contributed by atoms with Crippen LogP contribution in [0, 0.1) is 0 Å². The van der Waals surface area contributed by atoms with Crippen molar-refractivity contribution >= 4 is 33.4 Å². The Balaban J connectivity index is 1.37. The fraction of sp³-hybridized carbons (Fsp3) is 0.318. The number of thioether (sulfide) groups is 1. The Morgan fingerprint density at radius 1 is 1.12 bits per heavy atom. The van der Waals surface area contributed by atoms with Gasteiger partial charge in [0.05, 0.1) is 29.8 Å². The fourth-order valence-electron chi connectivity index (χ4n) is 3.25. The number of ether oxygens (including phenoxy) is 1. The van der Waals surface area contributed by atoms with Crippen LogP contribution in [0.3, 0.4) is 0 Å². The third kappa shape index (κ3) is 5.99. The van der Waals surface area contributed by atoms with E-state index in [1.807, 2.05) is 30.3 Å². The van der Waals surface area contributed by atoms with Gasteiger partial charge in [0, 0.05) is 18.8 Å².